The Morgan fingerprint density at radius 1 is 0.789 bits per heavy atom. The van der Waals surface area contributed by atoms with Gasteiger partial charge < -0.3 is 0 Å². The molecule has 2 aromatic rings. The van der Waals surface area contributed by atoms with E-state index in [1.54, 1.807) is 0 Å². The summed E-state index contributed by atoms with van der Waals surface area (Å²) < 4.78 is 0. The lowest BCUT2D eigenvalue weighted by atomic mass is 9.97. The zero-order valence-corrected chi connectivity index (χ0v) is 11.1. The van der Waals surface area contributed by atoms with Gasteiger partial charge in [-0.15, -0.1) is 0 Å². The summed E-state index contributed by atoms with van der Waals surface area (Å²) in [4.78, 5) is 4.63. The highest BCUT2D eigenvalue weighted by Crippen LogP contribution is 2.21. The second kappa shape index (κ2) is 5.23. The number of dihydropyridines is 1. The first-order valence-corrected chi connectivity index (χ1v) is 6.72. The van der Waals surface area contributed by atoms with Crippen LogP contribution >= 0.6 is 0 Å². The first-order chi connectivity index (χ1) is 9.34. The van der Waals surface area contributed by atoms with E-state index in [9.17, 15) is 0 Å². The third-order valence-electron chi connectivity index (χ3n) is 3.49. The fourth-order valence-corrected chi connectivity index (χ4v) is 2.45. The molecule has 1 aliphatic heterocycles. The highest BCUT2D eigenvalue weighted by Gasteiger charge is 2.08. The molecule has 0 fully saturated rings. The van der Waals surface area contributed by atoms with E-state index in [-0.39, 0.29) is 0 Å². The molecule has 0 amide bonds. The smallest absolute Gasteiger partial charge is 0.0672 e. The van der Waals surface area contributed by atoms with Crippen LogP contribution in [0.2, 0.25) is 0 Å². The van der Waals surface area contributed by atoms with Gasteiger partial charge in [0.15, 0.2) is 0 Å². The maximum Gasteiger partial charge on any atom is 0.0672 e. The molecule has 19 heavy (non-hydrogen) atoms. The van der Waals surface area contributed by atoms with Crippen molar-refractivity contribution >= 4 is 5.71 Å². The summed E-state index contributed by atoms with van der Waals surface area (Å²) >= 11 is 0. The Kier molecular flexibility index (Phi) is 3.28. The van der Waals surface area contributed by atoms with E-state index in [0.29, 0.717) is 0 Å². The molecule has 94 valence electrons. The molecule has 0 radical (unpaired) electrons. The second-order valence-corrected chi connectivity index (χ2v) is 4.85. The average Bonchev–Trinajstić information content (AvgIpc) is 2.49. The number of hydrogen-bond acceptors (Lipinski definition) is 1. The highest BCUT2D eigenvalue weighted by molar-refractivity contribution is 6.12. The van der Waals surface area contributed by atoms with Crippen LogP contribution in [-0.2, 0) is 0 Å². The Balaban J connectivity index is 1.92. The average molecular weight is 247 g/mol. The van der Waals surface area contributed by atoms with Gasteiger partial charge in [-0.05, 0) is 35.6 Å². The van der Waals surface area contributed by atoms with E-state index in [1.807, 2.05) is 6.07 Å². The van der Waals surface area contributed by atoms with Crippen molar-refractivity contribution in [2.45, 2.75) is 13.3 Å². The van der Waals surface area contributed by atoms with E-state index in [1.165, 1.54) is 22.3 Å². The molecule has 1 nitrogen and oxygen atoms in total. The van der Waals surface area contributed by atoms with Gasteiger partial charge in [0.1, 0.15) is 0 Å². The van der Waals surface area contributed by atoms with Gasteiger partial charge >= 0.3 is 0 Å². The van der Waals surface area contributed by atoms with Crippen LogP contribution in [0.5, 0.6) is 0 Å². The van der Waals surface area contributed by atoms with Gasteiger partial charge in [-0.3, -0.25) is 4.99 Å². The Morgan fingerprint density at radius 2 is 1.42 bits per heavy atom. The molecule has 1 heteroatoms. The van der Waals surface area contributed by atoms with Crippen LogP contribution in [0.1, 0.15) is 18.9 Å². The van der Waals surface area contributed by atoms with Crippen LogP contribution in [0.3, 0.4) is 0 Å². The van der Waals surface area contributed by atoms with Crippen molar-refractivity contribution in [3.63, 3.8) is 0 Å². The highest BCUT2D eigenvalue weighted by atomic mass is 14.7. The van der Waals surface area contributed by atoms with E-state index >= 15 is 0 Å². The zero-order valence-electron chi connectivity index (χ0n) is 11.1. The molecular formula is C18H17N. The first kappa shape index (κ1) is 11.9. The predicted molar refractivity (Wildman–Crippen MR) is 81.7 cm³/mol. The van der Waals surface area contributed by atoms with E-state index < -0.39 is 0 Å². The van der Waals surface area contributed by atoms with Crippen LogP contribution in [0.25, 0.3) is 11.1 Å². The van der Waals surface area contributed by atoms with Gasteiger partial charge in [0.05, 0.1) is 5.71 Å². The van der Waals surface area contributed by atoms with Gasteiger partial charge in [-0.25, -0.2) is 0 Å². The van der Waals surface area contributed by atoms with Gasteiger partial charge in [0.2, 0.25) is 0 Å². The molecule has 1 heterocycles. The van der Waals surface area contributed by atoms with Crippen molar-refractivity contribution in [1.29, 1.82) is 0 Å². The maximum atomic E-state index is 4.63. The van der Waals surface area contributed by atoms with Gasteiger partial charge in [-0.2, -0.15) is 0 Å². The summed E-state index contributed by atoms with van der Waals surface area (Å²) in [7, 11) is 0. The van der Waals surface area contributed by atoms with Gasteiger partial charge in [-0.1, -0.05) is 60.7 Å². The topological polar surface area (TPSA) is 12.4 Å². The van der Waals surface area contributed by atoms with Crippen molar-refractivity contribution in [3.05, 3.63) is 71.8 Å². The molecule has 1 aliphatic rings. The van der Waals surface area contributed by atoms with Crippen LogP contribution < -0.4 is 0 Å². The molecule has 2 aromatic carbocycles. The third kappa shape index (κ3) is 2.50. The quantitative estimate of drug-likeness (QED) is 0.741. The molecule has 0 spiro atoms. The Morgan fingerprint density at radius 3 is 2.11 bits per heavy atom. The zero-order chi connectivity index (χ0) is 13.1. The Bertz CT molecular complexity index is 618. The Hall–Kier alpha value is -2.15. The summed E-state index contributed by atoms with van der Waals surface area (Å²) in [5.41, 5.74) is 6.16. The molecule has 3 rings (SSSR count). The minimum Gasteiger partial charge on any atom is -0.284 e. The molecular weight excluding hydrogens is 230 g/mol. The molecule has 0 bridgehead atoms. The molecule has 0 aromatic heterocycles. The van der Waals surface area contributed by atoms with Crippen LogP contribution in [0.4, 0.5) is 0 Å². The van der Waals surface area contributed by atoms with Gasteiger partial charge in [0, 0.05) is 6.54 Å². The van der Waals surface area contributed by atoms with Crippen molar-refractivity contribution < 1.29 is 0 Å². The molecule has 0 N–H and O–H groups in total. The standard InChI is InChI=1S/C18H17N/c1-14-6-5-13-19-18(14)17-11-9-16(10-12-17)15-7-3-2-4-8-15/h2-4,6-12H,5,13H2,1H3. The van der Waals surface area contributed by atoms with Crippen molar-refractivity contribution in [3.8, 4) is 11.1 Å². The fraction of sp³-hybridized carbons (Fsp3) is 0.167. The minimum atomic E-state index is 0.910. The maximum absolute atomic E-state index is 4.63. The molecule has 0 aliphatic carbocycles. The number of aliphatic imine (C=N–C) groups is 1. The number of benzene rings is 2. The number of hydrogen-bond donors (Lipinski definition) is 0. The normalized spacial score (nSPS) is 14.8. The molecule has 0 atom stereocenters. The van der Waals surface area contributed by atoms with E-state index in [2.05, 4.69) is 66.5 Å². The summed E-state index contributed by atoms with van der Waals surface area (Å²) in [5.74, 6) is 0. The summed E-state index contributed by atoms with van der Waals surface area (Å²) in [5, 5.41) is 0. The van der Waals surface area contributed by atoms with Crippen molar-refractivity contribution in [1.82, 2.24) is 0 Å². The first-order valence-electron chi connectivity index (χ1n) is 6.72. The molecule has 0 unspecified atom stereocenters. The number of rotatable bonds is 2. The lowest BCUT2D eigenvalue weighted by molar-refractivity contribution is 0.979. The van der Waals surface area contributed by atoms with E-state index in [0.717, 1.165) is 18.7 Å². The summed E-state index contributed by atoms with van der Waals surface area (Å²) in [6.45, 7) is 3.05. The fourth-order valence-electron chi connectivity index (χ4n) is 2.45. The van der Waals surface area contributed by atoms with E-state index in [4.69, 9.17) is 0 Å². The summed E-state index contributed by atoms with van der Waals surface area (Å²) in [6, 6.07) is 19.2. The van der Waals surface area contributed by atoms with Crippen LogP contribution in [-0.4, -0.2) is 12.3 Å². The molecule has 0 saturated heterocycles. The molecule has 0 saturated carbocycles. The predicted octanol–water partition coefficient (Wildman–Crippen LogP) is 4.49. The van der Waals surface area contributed by atoms with Crippen molar-refractivity contribution in [2.24, 2.45) is 4.99 Å². The minimum absolute atomic E-state index is 0.910. The van der Waals surface area contributed by atoms with Crippen LogP contribution in [0.15, 0.2) is 71.2 Å². The number of allylic oxidation sites excluding steroid dienone is 1. The summed E-state index contributed by atoms with van der Waals surface area (Å²) in [6.07, 6.45) is 3.34. The van der Waals surface area contributed by atoms with Crippen LogP contribution in [0, 0.1) is 0 Å². The largest absolute Gasteiger partial charge is 0.284 e. The van der Waals surface area contributed by atoms with Gasteiger partial charge in [0.25, 0.3) is 0 Å². The number of nitrogens with zero attached hydrogens (tertiary/aromatic N) is 1. The Labute approximate surface area is 114 Å². The van der Waals surface area contributed by atoms with Crippen molar-refractivity contribution in [2.75, 3.05) is 6.54 Å². The SMILES string of the molecule is CC1=CCCN=C1c1ccc(-c2ccccc2)cc1. The third-order valence-corrected chi connectivity index (χ3v) is 3.49. The monoisotopic (exact) mass is 247 g/mol. The lowest BCUT2D eigenvalue weighted by Gasteiger charge is -2.12. The second-order valence-electron chi connectivity index (χ2n) is 4.85. The lowest BCUT2D eigenvalue weighted by Crippen LogP contribution is -2.07.